The van der Waals surface area contributed by atoms with Gasteiger partial charge < -0.3 is 10.1 Å². The van der Waals surface area contributed by atoms with Gasteiger partial charge in [0.2, 0.25) is 0 Å². The fourth-order valence-corrected chi connectivity index (χ4v) is 0.510. The van der Waals surface area contributed by atoms with E-state index in [4.69, 9.17) is 0 Å². The van der Waals surface area contributed by atoms with Crippen LogP contribution in [0.4, 0.5) is 0 Å². The molecular weight excluding hydrogens is 142 g/mol. The van der Waals surface area contributed by atoms with Crippen molar-refractivity contribution in [2.45, 2.75) is 19.9 Å². The largest absolute Gasteiger partial charge is 0.463 e. The maximum atomic E-state index is 10.7. The predicted molar refractivity (Wildman–Crippen MR) is 44.3 cm³/mol. The number of ether oxygens (including phenoxy) is 1. The van der Waals surface area contributed by atoms with Crippen LogP contribution < -0.4 is 5.32 Å². The highest BCUT2D eigenvalue weighted by atomic mass is 16.5. The lowest BCUT2D eigenvalue weighted by Crippen LogP contribution is -2.18. The fraction of sp³-hybridized carbons (Fsp3) is 0.625. The summed E-state index contributed by atoms with van der Waals surface area (Å²) in [5.74, 6) is -0.283. The second-order valence-electron chi connectivity index (χ2n) is 2.19. The molecule has 0 aliphatic heterocycles. The van der Waals surface area contributed by atoms with Crippen LogP contribution in [0.15, 0.2) is 12.2 Å². The van der Waals surface area contributed by atoms with Gasteiger partial charge in [0.15, 0.2) is 0 Å². The second kappa shape index (κ2) is 5.92. The van der Waals surface area contributed by atoms with Gasteiger partial charge in [-0.1, -0.05) is 6.08 Å². The van der Waals surface area contributed by atoms with Crippen LogP contribution in [0.5, 0.6) is 0 Å². The smallest absolute Gasteiger partial charge is 0.330 e. The molecule has 64 valence electrons. The SMILES string of the molecule is CCOC(=O)/C=C/[C@H](C)NC. The molecule has 0 aliphatic carbocycles. The minimum Gasteiger partial charge on any atom is -0.463 e. The average Bonchev–Trinajstić information content (AvgIpc) is 2.01. The first kappa shape index (κ1) is 10.2. The molecule has 0 unspecified atom stereocenters. The number of hydrogen-bond donors (Lipinski definition) is 1. The van der Waals surface area contributed by atoms with Gasteiger partial charge in [-0.25, -0.2) is 4.79 Å². The molecule has 0 aromatic heterocycles. The monoisotopic (exact) mass is 157 g/mol. The maximum Gasteiger partial charge on any atom is 0.330 e. The molecule has 0 saturated heterocycles. The lowest BCUT2D eigenvalue weighted by molar-refractivity contribution is -0.137. The Morgan fingerprint density at radius 1 is 1.73 bits per heavy atom. The molecule has 1 N–H and O–H groups in total. The van der Waals surface area contributed by atoms with Crippen molar-refractivity contribution in [3.63, 3.8) is 0 Å². The van der Waals surface area contributed by atoms with E-state index >= 15 is 0 Å². The molecule has 0 aromatic carbocycles. The summed E-state index contributed by atoms with van der Waals surface area (Å²) in [7, 11) is 1.83. The van der Waals surface area contributed by atoms with Crippen LogP contribution in [0.1, 0.15) is 13.8 Å². The van der Waals surface area contributed by atoms with Crippen molar-refractivity contribution < 1.29 is 9.53 Å². The minimum absolute atomic E-state index is 0.208. The van der Waals surface area contributed by atoms with Crippen LogP contribution in [0.2, 0.25) is 0 Å². The Morgan fingerprint density at radius 3 is 2.82 bits per heavy atom. The highest BCUT2D eigenvalue weighted by Crippen LogP contribution is 1.85. The number of hydrogen-bond acceptors (Lipinski definition) is 3. The Labute approximate surface area is 67.4 Å². The van der Waals surface area contributed by atoms with Gasteiger partial charge in [0, 0.05) is 12.1 Å². The summed E-state index contributed by atoms with van der Waals surface area (Å²) < 4.78 is 4.68. The summed E-state index contributed by atoms with van der Waals surface area (Å²) in [5.41, 5.74) is 0. The summed E-state index contributed by atoms with van der Waals surface area (Å²) in [5, 5.41) is 2.97. The molecule has 0 rings (SSSR count). The highest BCUT2D eigenvalue weighted by molar-refractivity contribution is 5.81. The van der Waals surface area contributed by atoms with Gasteiger partial charge in [0.05, 0.1) is 6.61 Å². The number of carbonyl (C=O) groups excluding carboxylic acids is 1. The van der Waals surface area contributed by atoms with Crippen molar-refractivity contribution in [2.75, 3.05) is 13.7 Å². The number of rotatable bonds is 4. The van der Waals surface area contributed by atoms with Crippen LogP contribution in [-0.2, 0) is 9.53 Å². The zero-order chi connectivity index (χ0) is 8.69. The van der Waals surface area contributed by atoms with Crippen LogP contribution >= 0.6 is 0 Å². The van der Waals surface area contributed by atoms with Gasteiger partial charge in [-0.05, 0) is 20.9 Å². The van der Waals surface area contributed by atoms with E-state index < -0.39 is 0 Å². The first-order chi connectivity index (χ1) is 5.20. The van der Waals surface area contributed by atoms with Gasteiger partial charge in [0.1, 0.15) is 0 Å². The maximum absolute atomic E-state index is 10.7. The Hall–Kier alpha value is -0.830. The fourth-order valence-electron chi connectivity index (χ4n) is 0.510. The molecule has 0 fully saturated rings. The van der Waals surface area contributed by atoms with E-state index in [1.54, 1.807) is 13.0 Å². The molecule has 11 heavy (non-hydrogen) atoms. The molecule has 0 aromatic rings. The van der Waals surface area contributed by atoms with Gasteiger partial charge in [0.25, 0.3) is 0 Å². The summed E-state index contributed by atoms with van der Waals surface area (Å²) in [6, 6.07) is 0.208. The average molecular weight is 157 g/mol. The van der Waals surface area contributed by atoms with E-state index in [2.05, 4.69) is 10.1 Å². The van der Waals surface area contributed by atoms with Crippen LogP contribution in [0.25, 0.3) is 0 Å². The molecule has 0 aliphatic rings. The summed E-state index contributed by atoms with van der Waals surface area (Å²) in [6.45, 7) is 4.17. The Bertz CT molecular complexity index is 143. The number of nitrogens with one attached hydrogen (secondary N) is 1. The summed E-state index contributed by atoms with van der Waals surface area (Å²) in [6.07, 6.45) is 3.20. The van der Waals surface area contributed by atoms with Crippen molar-refractivity contribution in [3.8, 4) is 0 Å². The minimum atomic E-state index is -0.283. The lowest BCUT2D eigenvalue weighted by atomic mass is 10.3. The van der Waals surface area contributed by atoms with Gasteiger partial charge >= 0.3 is 5.97 Å². The Morgan fingerprint density at radius 2 is 2.36 bits per heavy atom. The van der Waals surface area contributed by atoms with E-state index in [9.17, 15) is 4.79 Å². The third-order valence-electron chi connectivity index (χ3n) is 1.26. The summed E-state index contributed by atoms with van der Waals surface area (Å²) >= 11 is 0. The van der Waals surface area contributed by atoms with Crippen LogP contribution in [-0.4, -0.2) is 25.7 Å². The van der Waals surface area contributed by atoms with E-state index in [1.807, 2.05) is 14.0 Å². The van der Waals surface area contributed by atoms with Gasteiger partial charge in [-0.15, -0.1) is 0 Å². The number of carbonyl (C=O) groups is 1. The topological polar surface area (TPSA) is 38.3 Å². The molecule has 0 amide bonds. The van der Waals surface area contributed by atoms with Gasteiger partial charge in [-0.3, -0.25) is 0 Å². The standard InChI is InChI=1S/C8H15NO2/c1-4-11-8(10)6-5-7(2)9-3/h5-7,9H,4H2,1-3H3/b6-5+/t7-/m0/s1. The molecule has 1 atom stereocenters. The molecule has 3 heteroatoms. The first-order valence-electron chi connectivity index (χ1n) is 3.73. The molecule has 0 radical (unpaired) electrons. The zero-order valence-electron chi connectivity index (χ0n) is 7.26. The number of esters is 1. The van der Waals surface area contributed by atoms with Gasteiger partial charge in [-0.2, -0.15) is 0 Å². The second-order valence-corrected chi connectivity index (χ2v) is 2.19. The van der Waals surface area contributed by atoms with E-state index in [0.29, 0.717) is 6.61 Å². The molecule has 0 bridgehead atoms. The van der Waals surface area contributed by atoms with Crippen molar-refractivity contribution in [1.29, 1.82) is 0 Å². The highest BCUT2D eigenvalue weighted by Gasteiger charge is 1.94. The summed E-state index contributed by atoms with van der Waals surface area (Å²) in [4.78, 5) is 10.7. The molecule has 0 heterocycles. The van der Waals surface area contributed by atoms with E-state index in [-0.39, 0.29) is 12.0 Å². The Kier molecular flexibility index (Phi) is 5.47. The Balaban J connectivity index is 3.63. The first-order valence-corrected chi connectivity index (χ1v) is 3.73. The molecule has 0 saturated carbocycles. The lowest BCUT2D eigenvalue weighted by Gasteiger charge is -2.01. The third-order valence-corrected chi connectivity index (χ3v) is 1.26. The molecule has 0 spiro atoms. The number of likely N-dealkylation sites (N-methyl/N-ethyl adjacent to an activating group) is 1. The van der Waals surface area contributed by atoms with Crippen molar-refractivity contribution in [3.05, 3.63) is 12.2 Å². The normalized spacial score (nSPS) is 13.4. The van der Waals surface area contributed by atoms with E-state index in [1.165, 1.54) is 6.08 Å². The predicted octanol–water partition coefficient (Wildman–Crippen LogP) is 0.714. The molecular formula is C8H15NO2. The van der Waals surface area contributed by atoms with Crippen LogP contribution in [0.3, 0.4) is 0 Å². The van der Waals surface area contributed by atoms with E-state index in [0.717, 1.165) is 0 Å². The van der Waals surface area contributed by atoms with Crippen molar-refractivity contribution in [2.24, 2.45) is 0 Å². The van der Waals surface area contributed by atoms with Crippen molar-refractivity contribution in [1.82, 2.24) is 5.32 Å². The van der Waals surface area contributed by atoms with Crippen LogP contribution in [0, 0.1) is 0 Å². The van der Waals surface area contributed by atoms with Crippen molar-refractivity contribution >= 4 is 5.97 Å². The quantitative estimate of drug-likeness (QED) is 0.482. The molecule has 3 nitrogen and oxygen atoms in total. The third kappa shape index (κ3) is 5.61. The zero-order valence-corrected chi connectivity index (χ0v) is 7.26.